The molecule has 0 aliphatic rings. The predicted octanol–water partition coefficient (Wildman–Crippen LogP) is 2.52. The van der Waals surface area contributed by atoms with Crippen molar-refractivity contribution in [1.29, 1.82) is 0 Å². The van der Waals surface area contributed by atoms with Crippen LogP contribution in [0.2, 0.25) is 0 Å². The zero-order valence-corrected chi connectivity index (χ0v) is 5.07. The van der Waals surface area contributed by atoms with Gasteiger partial charge in [-0.05, 0) is 25.5 Å². The summed E-state index contributed by atoms with van der Waals surface area (Å²) in [4.78, 5) is 0. The average Bonchev–Trinajstić information content (AvgIpc) is 1.69. The number of unbranched alkanes of at least 4 members (excludes halogenated alkanes) is 1. The summed E-state index contributed by atoms with van der Waals surface area (Å²) in [5, 5.41) is 0. The van der Waals surface area contributed by atoms with E-state index in [0.717, 1.165) is 6.42 Å². The molecule has 0 unspecified atom stereocenters. The second kappa shape index (κ2) is 5.52. The van der Waals surface area contributed by atoms with Gasteiger partial charge in [0, 0.05) is 0 Å². The van der Waals surface area contributed by atoms with Crippen LogP contribution in [0.5, 0.6) is 0 Å². The summed E-state index contributed by atoms with van der Waals surface area (Å²) >= 11 is 0. The van der Waals surface area contributed by atoms with Gasteiger partial charge in [0.1, 0.15) is 0 Å². The van der Waals surface area contributed by atoms with Crippen molar-refractivity contribution in [2.24, 2.45) is 0 Å². The third kappa shape index (κ3) is 5.52. The largest absolute Gasteiger partial charge is 0.130 e. The van der Waals surface area contributed by atoms with Gasteiger partial charge in [-0.25, -0.2) is 0 Å². The quantitative estimate of drug-likeness (QED) is 0.463. The minimum atomic E-state index is 1.16. The summed E-state index contributed by atoms with van der Waals surface area (Å²) in [6.07, 6.45) is 6.36. The van der Waals surface area contributed by atoms with Crippen LogP contribution in [0.1, 0.15) is 26.7 Å². The molecule has 0 heteroatoms. The molecule has 0 aromatic carbocycles. The molecule has 0 spiro atoms. The topological polar surface area (TPSA) is 0 Å². The molecule has 0 saturated carbocycles. The normalized spacial score (nSPS) is 7.14. The van der Waals surface area contributed by atoms with E-state index in [1.807, 2.05) is 13.0 Å². The minimum absolute atomic E-state index is 1.16. The van der Waals surface area contributed by atoms with Gasteiger partial charge in [0.25, 0.3) is 0 Å². The molecular weight excluding hydrogens is 84.1 g/mol. The zero-order valence-electron chi connectivity index (χ0n) is 5.07. The Bertz CT molecular complexity index is 74.0. The molecule has 0 saturated heterocycles. The van der Waals surface area contributed by atoms with Crippen molar-refractivity contribution in [3.8, 4) is 0 Å². The fourth-order valence-corrected chi connectivity index (χ4v) is 0.346. The second-order valence-electron chi connectivity index (χ2n) is 1.45. The van der Waals surface area contributed by atoms with Crippen LogP contribution >= 0.6 is 0 Å². The molecule has 0 atom stereocenters. The molecule has 0 aromatic heterocycles. The first-order valence-corrected chi connectivity index (χ1v) is 2.77. The van der Waals surface area contributed by atoms with E-state index in [-0.39, 0.29) is 0 Å². The van der Waals surface area contributed by atoms with E-state index in [2.05, 4.69) is 18.7 Å². The van der Waals surface area contributed by atoms with E-state index in [1.54, 1.807) is 0 Å². The fourth-order valence-electron chi connectivity index (χ4n) is 0.346. The van der Waals surface area contributed by atoms with Crippen LogP contribution in [-0.4, -0.2) is 0 Å². The van der Waals surface area contributed by atoms with E-state index in [4.69, 9.17) is 0 Å². The Hall–Kier alpha value is -0.480. The Balaban J connectivity index is 3.10. The summed E-state index contributed by atoms with van der Waals surface area (Å²) in [5.74, 6) is 0. The van der Waals surface area contributed by atoms with Gasteiger partial charge in [-0.1, -0.05) is 13.3 Å². The lowest BCUT2D eigenvalue weighted by atomic mass is 10.3. The molecule has 0 aliphatic carbocycles. The molecule has 0 aromatic rings. The Morgan fingerprint density at radius 3 is 2.71 bits per heavy atom. The average molecular weight is 96.2 g/mol. The standard InChI is InChI=1S/C7H12/c1-3-5-7-6-4-2/h3,7H,4,6H2,1-2H3. The smallest absolute Gasteiger partial charge is 0.0277 e. The summed E-state index contributed by atoms with van der Waals surface area (Å²) in [6.45, 7) is 4.14. The van der Waals surface area contributed by atoms with Crippen molar-refractivity contribution in [2.45, 2.75) is 26.7 Å². The third-order valence-corrected chi connectivity index (χ3v) is 0.718. The number of hydrogen-bond donors (Lipinski definition) is 0. The Morgan fingerprint density at radius 1 is 1.57 bits per heavy atom. The molecule has 0 radical (unpaired) electrons. The molecule has 0 bridgehead atoms. The monoisotopic (exact) mass is 96.1 g/mol. The molecular formula is C7H12. The summed E-state index contributed by atoms with van der Waals surface area (Å²) in [6, 6.07) is 0. The van der Waals surface area contributed by atoms with Gasteiger partial charge >= 0.3 is 0 Å². The lowest BCUT2D eigenvalue weighted by molar-refractivity contribution is 0.960. The molecule has 0 amide bonds. The molecule has 0 fully saturated rings. The van der Waals surface area contributed by atoms with Crippen molar-refractivity contribution >= 4 is 0 Å². The van der Waals surface area contributed by atoms with Crippen LogP contribution in [0.3, 0.4) is 0 Å². The van der Waals surface area contributed by atoms with E-state index < -0.39 is 0 Å². The van der Waals surface area contributed by atoms with Crippen LogP contribution in [0.4, 0.5) is 0 Å². The van der Waals surface area contributed by atoms with Crippen LogP contribution in [0.25, 0.3) is 0 Å². The zero-order chi connectivity index (χ0) is 5.54. The first kappa shape index (κ1) is 6.52. The van der Waals surface area contributed by atoms with E-state index in [1.165, 1.54) is 6.42 Å². The molecule has 0 nitrogen and oxygen atoms in total. The molecule has 0 heterocycles. The molecule has 0 rings (SSSR count). The molecule has 7 heavy (non-hydrogen) atoms. The molecule has 0 N–H and O–H groups in total. The van der Waals surface area contributed by atoms with E-state index in [0.29, 0.717) is 0 Å². The Morgan fingerprint density at radius 2 is 2.29 bits per heavy atom. The highest BCUT2D eigenvalue weighted by Crippen LogP contribution is 1.84. The maximum Gasteiger partial charge on any atom is -0.0277 e. The first-order chi connectivity index (χ1) is 3.41. The number of hydrogen-bond acceptors (Lipinski definition) is 0. The van der Waals surface area contributed by atoms with Crippen LogP contribution in [0, 0.1) is 0 Å². The SMILES string of the molecule is CC=C=CCCC. The van der Waals surface area contributed by atoms with Gasteiger partial charge < -0.3 is 0 Å². The maximum atomic E-state index is 3.00. The summed E-state index contributed by atoms with van der Waals surface area (Å²) in [5.41, 5.74) is 3.00. The first-order valence-electron chi connectivity index (χ1n) is 2.77. The highest BCUT2D eigenvalue weighted by molar-refractivity contribution is 4.80. The fraction of sp³-hybridized carbons (Fsp3) is 0.571. The molecule has 40 valence electrons. The number of rotatable bonds is 2. The maximum absolute atomic E-state index is 3.00. The highest BCUT2D eigenvalue weighted by Gasteiger charge is 1.64. The van der Waals surface area contributed by atoms with Gasteiger partial charge in [-0.3, -0.25) is 0 Å². The Kier molecular flexibility index (Phi) is 5.14. The van der Waals surface area contributed by atoms with Gasteiger partial charge in [0.2, 0.25) is 0 Å². The third-order valence-electron chi connectivity index (χ3n) is 0.718. The van der Waals surface area contributed by atoms with Crippen LogP contribution in [-0.2, 0) is 0 Å². The Labute approximate surface area is 45.5 Å². The lowest BCUT2D eigenvalue weighted by Crippen LogP contribution is -1.54. The van der Waals surface area contributed by atoms with E-state index in [9.17, 15) is 0 Å². The number of allylic oxidation sites excluding steroid dienone is 1. The van der Waals surface area contributed by atoms with Gasteiger partial charge in [0.15, 0.2) is 0 Å². The van der Waals surface area contributed by atoms with Gasteiger partial charge in [0.05, 0.1) is 0 Å². The van der Waals surface area contributed by atoms with E-state index >= 15 is 0 Å². The predicted molar refractivity (Wildman–Crippen MR) is 33.2 cm³/mol. The van der Waals surface area contributed by atoms with Crippen molar-refractivity contribution in [2.75, 3.05) is 0 Å². The van der Waals surface area contributed by atoms with Crippen LogP contribution < -0.4 is 0 Å². The van der Waals surface area contributed by atoms with Crippen molar-refractivity contribution in [3.63, 3.8) is 0 Å². The highest BCUT2D eigenvalue weighted by atomic mass is 13.7. The van der Waals surface area contributed by atoms with Gasteiger partial charge in [-0.2, -0.15) is 0 Å². The van der Waals surface area contributed by atoms with Crippen LogP contribution in [0.15, 0.2) is 17.9 Å². The van der Waals surface area contributed by atoms with Crippen molar-refractivity contribution in [3.05, 3.63) is 17.9 Å². The van der Waals surface area contributed by atoms with Crippen molar-refractivity contribution < 1.29 is 0 Å². The van der Waals surface area contributed by atoms with Gasteiger partial charge in [-0.15, -0.1) is 5.73 Å². The molecule has 0 aliphatic heterocycles. The van der Waals surface area contributed by atoms with Crippen molar-refractivity contribution in [1.82, 2.24) is 0 Å². The summed E-state index contributed by atoms with van der Waals surface area (Å²) < 4.78 is 0. The summed E-state index contributed by atoms with van der Waals surface area (Å²) in [7, 11) is 0. The minimum Gasteiger partial charge on any atom is -0.130 e. The second-order valence-corrected chi connectivity index (χ2v) is 1.45. The lowest BCUT2D eigenvalue weighted by Gasteiger charge is -1.74.